The second-order valence-electron chi connectivity index (χ2n) is 8.58. The second kappa shape index (κ2) is 10.8. The SMILES string of the molecule is O=C(CCC(=O)N(C/C=C/c1ccccc1)c1ccc2c(c1)OCCO2)N1CCc2sccc2C1. The van der Waals surface area contributed by atoms with E-state index in [2.05, 4.69) is 11.4 Å². The summed E-state index contributed by atoms with van der Waals surface area (Å²) in [4.78, 5) is 31.2. The maximum Gasteiger partial charge on any atom is 0.227 e. The summed E-state index contributed by atoms with van der Waals surface area (Å²) in [6.45, 7) is 2.74. The number of thiophene rings is 1. The minimum Gasteiger partial charge on any atom is -0.486 e. The first-order chi connectivity index (χ1) is 17.2. The van der Waals surface area contributed by atoms with Crippen molar-refractivity contribution in [3.8, 4) is 11.5 Å². The smallest absolute Gasteiger partial charge is 0.227 e. The molecular weight excluding hydrogens is 460 g/mol. The highest BCUT2D eigenvalue weighted by Gasteiger charge is 2.24. The zero-order valence-corrected chi connectivity index (χ0v) is 20.3. The van der Waals surface area contributed by atoms with Crippen LogP contribution in [0.5, 0.6) is 11.5 Å². The van der Waals surface area contributed by atoms with Gasteiger partial charge in [0.1, 0.15) is 13.2 Å². The van der Waals surface area contributed by atoms with E-state index >= 15 is 0 Å². The summed E-state index contributed by atoms with van der Waals surface area (Å²) in [5, 5.41) is 2.08. The first-order valence-electron chi connectivity index (χ1n) is 11.9. The second-order valence-corrected chi connectivity index (χ2v) is 9.58. The van der Waals surface area contributed by atoms with Gasteiger partial charge >= 0.3 is 0 Å². The van der Waals surface area contributed by atoms with Crippen LogP contribution < -0.4 is 14.4 Å². The summed E-state index contributed by atoms with van der Waals surface area (Å²) in [6, 6.07) is 17.6. The van der Waals surface area contributed by atoms with Gasteiger partial charge in [0, 0.05) is 49.1 Å². The maximum absolute atomic E-state index is 13.3. The Bertz CT molecular complexity index is 1220. The molecule has 0 radical (unpaired) electrons. The minimum absolute atomic E-state index is 0.0251. The van der Waals surface area contributed by atoms with Gasteiger partial charge in [-0.05, 0) is 41.1 Å². The average Bonchev–Trinajstić information content (AvgIpc) is 3.38. The van der Waals surface area contributed by atoms with Crippen LogP contribution >= 0.6 is 11.3 Å². The van der Waals surface area contributed by atoms with E-state index in [4.69, 9.17) is 9.47 Å². The molecule has 180 valence electrons. The van der Waals surface area contributed by atoms with Crippen LogP contribution in [0.15, 0.2) is 66.1 Å². The molecule has 35 heavy (non-hydrogen) atoms. The molecule has 6 nitrogen and oxygen atoms in total. The Hall–Kier alpha value is -3.58. The van der Waals surface area contributed by atoms with Crippen molar-refractivity contribution < 1.29 is 19.1 Å². The zero-order chi connectivity index (χ0) is 24.0. The van der Waals surface area contributed by atoms with Gasteiger partial charge in [-0.3, -0.25) is 9.59 Å². The van der Waals surface area contributed by atoms with Gasteiger partial charge in [-0.25, -0.2) is 0 Å². The van der Waals surface area contributed by atoms with Crippen molar-refractivity contribution >= 4 is 34.9 Å². The summed E-state index contributed by atoms with van der Waals surface area (Å²) < 4.78 is 11.4. The summed E-state index contributed by atoms with van der Waals surface area (Å²) in [7, 11) is 0. The Balaban J connectivity index is 1.27. The molecule has 0 unspecified atom stereocenters. The number of nitrogens with zero attached hydrogens (tertiary/aromatic N) is 2. The van der Waals surface area contributed by atoms with Crippen LogP contribution in [-0.2, 0) is 22.6 Å². The number of benzene rings is 2. The molecule has 2 amide bonds. The molecule has 0 fully saturated rings. The van der Waals surface area contributed by atoms with E-state index in [1.807, 2.05) is 65.6 Å². The molecule has 3 heterocycles. The van der Waals surface area contributed by atoms with Gasteiger partial charge in [-0.15, -0.1) is 11.3 Å². The zero-order valence-electron chi connectivity index (χ0n) is 19.5. The highest BCUT2D eigenvalue weighted by molar-refractivity contribution is 7.10. The van der Waals surface area contributed by atoms with Crippen molar-refractivity contribution in [3.05, 3.63) is 82.1 Å². The summed E-state index contributed by atoms with van der Waals surface area (Å²) in [5.74, 6) is 1.24. The van der Waals surface area contributed by atoms with Gasteiger partial charge < -0.3 is 19.3 Å². The van der Waals surface area contributed by atoms with E-state index in [1.54, 1.807) is 16.2 Å². The lowest BCUT2D eigenvalue weighted by Gasteiger charge is -2.28. The number of ether oxygens (including phenoxy) is 2. The molecule has 0 bridgehead atoms. The largest absolute Gasteiger partial charge is 0.486 e. The molecule has 0 spiro atoms. The van der Waals surface area contributed by atoms with Crippen LogP contribution in [0.3, 0.4) is 0 Å². The fraction of sp³-hybridized carbons (Fsp3) is 0.286. The first kappa shape index (κ1) is 23.2. The predicted molar refractivity (Wildman–Crippen MR) is 138 cm³/mol. The highest BCUT2D eigenvalue weighted by atomic mass is 32.1. The lowest BCUT2D eigenvalue weighted by atomic mass is 10.1. The quantitative estimate of drug-likeness (QED) is 0.473. The van der Waals surface area contributed by atoms with Crippen LogP contribution in [-0.4, -0.2) is 43.0 Å². The first-order valence-corrected chi connectivity index (χ1v) is 12.8. The molecule has 2 aromatic carbocycles. The normalized spacial score (nSPS) is 14.6. The number of hydrogen-bond acceptors (Lipinski definition) is 5. The predicted octanol–water partition coefficient (Wildman–Crippen LogP) is 4.93. The molecule has 0 N–H and O–H groups in total. The van der Waals surface area contributed by atoms with E-state index in [9.17, 15) is 9.59 Å². The Morgan fingerprint density at radius 3 is 2.69 bits per heavy atom. The van der Waals surface area contributed by atoms with E-state index < -0.39 is 0 Å². The molecule has 0 saturated heterocycles. The van der Waals surface area contributed by atoms with Gasteiger partial charge in [0.25, 0.3) is 0 Å². The standard InChI is InChI=1S/C28H28N2O4S/c31-27(29-15-12-26-22(20-29)13-18-35-26)10-11-28(32)30(14-4-7-21-5-2-1-3-6-21)23-8-9-24-25(19-23)34-17-16-33-24/h1-9,13,18-19H,10-12,14-17,20H2/b7-4+. The highest BCUT2D eigenvalue weighted by Crippen LogP contribution is 2.34. The molecule has 1 aromatic heterocycles. The number of rotatable bonds is 7. The van der Waals surface area contributed by atoms with Gasteiger partial charge in [0.05, 0.1) is 0 Å². The van der Waals surface area contributed by atoms with Crippen molar-refractivity contribution in [2.45, 2.75) is 25.8 Å². The summed E-state index contributed by atoms with van der Waals surface area (Å²) >= 11 is 1.75. The topological polar surface area (TPSA) is 59.1 Å². The van der Waals surface area contributed by atoms with Crippen molar-refractivity contribution in [1.82, 2.24) is 4.90 Å². The van der Waals surface area contributed by atoms with Crippen LogP contribution in [0.4, 0.5) is 5.69 Å². The summed E-state index contributed by atoms with van der Waals surface area (Å²) in [6.07, 6.45) is 5.20. The third-order valence-corrected chi connectivity index (χ3v) is 7.27. The van der Waals surface area contributed by atoms with Crippen LogP contribution in [0.25, 0.3) is 6.08 Å². The molecule has 0 saturated carbocycles. The van der Waals surface area contributed by atoms with Crippen LogP contribution in [0.2, 0.25) is 0 Å². The van der Waals surface area contributed by atoms with E-state index in [1.165, 1.54) is 10.4 Å². The molecule has 2 aliphatic heterocycles. The third kappa shape index (κ3) is 5.57. The number of anilines is 1. The van der Waals surface area contributed by atoms with E-state index in [0.29, 0.717) is 44.3 Å². The molecular formula is C28H28N2O4S. The molecule has 3 aromatic rings. The van der Waals surface area contributed by atoms with E-state index in [-0.39, 0.29) is 24.7 Å². The fourth-order valence-corrected chi connectivity index (χ4v) is 5.27. The number of fused-ring (bicyclic) bond motifs is 2. The average molecular weight is 489 g/mol. The molecule has 5 rings (SSSR count). The van der Waals surface area contributed by atoms with Gasteiger partial charge in [-0.1, -0.05) is 42.5 Å². The third-order valence-electron chi connectivity index (χ3n) is 6.25. The van der Waals surface area contributed by atoms with E-state index in [0.717, 1.165) is 17.7 Å². The Labute approximate surface area is 209 Å². The van der Waals surface area contributed by atoms with Gasteiger partial charge in [0.2, 0.25) is 11.8 Å². The lowest BCUT2D eigenvalue weighted by molar-refractivity contribution is -0.134. The lowest BCUT2D eigenvalue weighted by Crippen LogP contribution is -2.37. The van der Waals surface area contributed by atoms with Crippen LogP contribution in [0.1, 0.15) is 28.8 Å². The van der Waals surface area contributed by atoms with Crippen LogP contribution in [0, 0.1) is 0 Å². The van der Waals surface area contributed by atoms with Crippen molar-refractivity contribution in [2.24, 2.45) is 0 Å². The number of carbonyl (C=O) groups excluding carboxylic acids is 2. The van der Waals surface area contributed by atoms with Gasteiger partial charge in [-0.2, -0.15) is 0 Å². The Kier molecular flexibility index (Phi) is 7.14. The molecule has 7 heteroatoms. The molecule has 2 aliphatic rings. The van der Waals surface area contributed by atoms with Crippen molar-refractivity contribution in [1.29, 1.82) is 0 Å². The number of hydrogen-bond donors (Lipinski definition) is 0. The number of amides is 2. The fourth-order valence-electron chi connectivity index (χ4n) is 4.38. The van der Waals surface area contributed by atoms with Crippen molar-refractivity contribution in [3.63, 3.8) is 0 Å². The summed E-state index contributed by atoms with van der Waals surface area (Å²) in [5.41, 5.74) is 3.02. The Morgan fingerprint density at radius 2 is 1.83 bits per heavy atom. The van der Waals surface area contributed by atoms with Gasteiger partial charge in [0.15, 0.2) is 11.5 Å². The van der Waals surface area contributed by atoms with Crippen molar-refractivity contribution in [2.75, 3.05) is 31.2 Å². The minimum atomic E-state index is -0.0963. The molecule has 0 atom stereocenters. The monoisotopic (exact) mass is 488 g/mol. The Morgan fingerprint density at radius 1 is 1.00 bits per heavy atom. The number of carbonyl (C=O) groups is 2. The maximum atomic E-state index is 13.3. The molecule has 0 aliphatic carbocycles.